The van der Waals surface area contributed by atoms with E-state index < -0.39 is 50.6 Å². The second kappa shape index (κ2) is 6.32. The van der Waals surface area contributed by atoms with E-state index in [1.54, 1.807) is 0 Å². The second-order valence-electron chi connectivity index (χ2n) is 4.92. The first-order valence-electron chi connectivity index (χ1n) is 6.39. The van der Waals surface area contributed by atoms with Crippen molar-refractivity contribution in [3.05, 3.63) is 48.9 Å². The lowest BCUT2D eigenvalue weighted by Gasteiger charge is -2.33. The molecule has 0 saturated carbocycles. The number of hydrogen-bond acceptors (Lipinski definition) is 8. The van der Waals surface area contributed by atoms with Crippen LogP contribution in [-0.2, 0) is 10.0 Å². The van der Waals surface area contributed by atoms with Crippen LogP contribution in [0.4, 0.5) is 5.69 Å². The fraction of sp³-hybridized carbons (Fsp3) is 0.400. The molecule has 1 fully saturated rings. The zero-order valence-electron chi connectivity index (χ0n) is 12.3. The Morgan fingerprint density at radius 1 is 1.17 bits per heavy atom. The molecular weight excluding hydrogens is 348 g/mol. The van der Waals surface area contributed by atoms with Crippen molar-refractivity contribution in [3.8, 4) is 0 Å². The van der Waals surface area contributed by atoms with Gasteiger partial charge in [-0.2, -0.15) is 4.31 Å². The van der Waals surface area contributed by atoms with Gasteiger partial charge in [0.2, 0.25) is 10.0 Å². The lowest BCUT2D eigenvalue weighted by molar-refractivity contribution is -0.667. The molecule has 1 aliphatic rings. The van der Waals surface area contributed by atoms with E-state index in [1.807, 2.05) is 0 Å². The first-order chi connectivity index (χ1) is 11.2. The third kappa shape index (κ3) is 3.23. The van der Waals surface area contributed by atoms with Crippen LogP contribution in [0.1, 0.15) is 5.56 Å². The van der Waals surface area contributed by atoms with E-state index in [4.69, 9.17) is 0 Å². The molecule has 0 amide bonds. The van der Waals surface area contributed by atoms with Gasteiger partial charge < -0.3 is 0 Å². The fourth-order valence-corrected chi connectivity index (χ4v) is 3.46. The highest BCUT2D eigenvalue weighted by atomic mass is 32.2. The highest BCUT2D eigenvalue weighted by molar-refractivity contribution is 7.89. The third-order valence-corrected chi connectivity index (χ3v) is 5.09. The summed E-state index contributed by atoms with van der Waals surface area (Å²) in [7, 11) is -4.30. The minimum Gasteiger partial charge on any atom is -0.258 e. The largest absolute Gasteiger partial charge is 0.273 e. The molecule has 0 aromatic heterocycles. The average molecular weight is 360 g/mol. The molecular formula is C10H12N6O7S. The van der Waals surface area contributed by atoms with Crippen molar-refractivity contribution in [1.29, 1.82) is 0 Å². The van der Waals surface area contributed by atoms with Crippen LogP contribution in [0, 0.1) is 32.1 Å². The van der Waals surface area contributed by atoms with Gasteiger partial charge in [0.25, 0.3) is 5.69 Å². The Kier molecular flexibility index (Phi) is 4.61. The molecule has 0 bridgehead atoms. The van der Waals surface area contributed by atoms with Crippen LogP contribution in [0.2, 0.25) is 0 Å². The predicted octanol–water partition coefficient (Wildman–Crippen LogP) is 0.257. The molecule has 0 N–H and O–H groups in total. The molecule has 14 heteroatoms. The summed E-state index contributed by atoms with van der Waals surface area (Å²) in [4.78, 5) is 31.3. The van der Waals surface area contributed by atoms with Crippen molar-refractivity contribution in [3.63, 3.8) is 0 Å². The molecule has 24 heavy (non-hydrogen) atoms. The molecule has 0 aliphatic carbocycles. The summed E-state index contributed by atoms with van der Waals surface area (Å²) < 4.78 is 25.8. The summed E-state index contributed by atoms with van der Waals surface area (Å²) in [6.07, 6.45) is 0. The van der Waals surface area contributed by atoms with Crippen molar-refractivity contribution in [2.75, 3.05) is 20.0 Å². The Hall–Kier alpha value is -2.87. The quantitative estimate of drug-likeness (QED) is 0.407. The monoisotopic (exact) mass is 360 g/mol. The number of aryl methyl sites for hydroxylation is 1. The van der Waals surface area contributed by atoms with Gasteiger partial charge in [-0.25, -0.2) is 23.5 Å². The molecule has 0 radical (unpaired) electrons. The van der Waals surface area contributed by atoms with Crippen LogP contribution < -0.4 is 0 Å². The summed E-state index contributed by atoms with van der Waals surface area (Å²) >= 11 is 0. The van der Waals surface area contributed by atoms with Gasteiger partial charge in [-0.1, -0.05) is 11.1 Å². The Morgan fingerprint density at radius 2 is 1.83 bits per heavy atom. The molecule has 13 nitrogen and oxygen atoms in total. The maximum atomic E-state index is 12.6. The summed E-state index contributed by atoms with van der Waals surface area (Å²) in [6, 6.07) is 3.28. The highest BCUT2D eigenvalue weighted by Gasteiger charge is 2.37. The molecule has 0 spiro atoms. The van der Waals surface area contributed by atoms with Gasteiger partial charge in [-0.3, -0.25) is 10.1 Å². The Bertz CT molecular complexity index is 797. The predicted molar refractivity (Wildman–Crippen MR) is 77.9 cm³/mol. The molecule has 2 rings (SSSR count). The van der Waals surface area contributed by atoms with Crippen LogP contribution in [0.15, 0.2) is 28.4 Å². The third-order valence-electron chi connectivity index (χ3n) is 3.33. The smallest absolute Gasteiger partial charge is 0.258 e. The highest BCUT2D eigenvalue weighted by Crippen LogP contribution is 2.25. The van der Waals surface area contributed by atoms with E-state index >= 15 is 0 Å². The van der Waals surface area contributed by atoms with Crippen molar-refractivity contribution in [1.82, 2.24) is 14.3 Å². The Morgan fingerprint density at radius 3 is 2.38 bits per heavy atom. The van der Waals surface area contributed by atoms with Crippen LogP contribution >= 0.6 is 0 Å². The van der Waals surface area contributed by atoms with E-state index in [0.717, 1.165) is 12.1 Å². The normalized spacial score (nSPS) is 16.0. The number of nitro benzene ring substituents is 1. The van der Waals surface area contributed by atoms with Crippen molar-refractivity contribution in [2.24, 2.45) is 5.29 Å². The number of nitrogens with zero attached hydrogens (tertiary/aromatic N) is 6. The molecule has 0 atom stereocenters. The second-order valence-corrected chi connectivity index (χ2v) is 6.86. The van der Waals surface area contributed by atoms with E-state index in [2.05, 4.69) is 5.29 Å². The van der Waals surface area contributed by atoms with Crippen LogP contribution in [0.3, 0.4) is 0 Å². The van der Waals surface area contributed by atoms with Crippen LogP contribution in [-0.4, -0.2) is 52.7 Å². The molecule has 1 heterocycles. The number of sulfonamides is 1. The van der Waals surface area contributed by atoms with Gasteiger partial charge in [0, 0.05) is 11.6 Å². The van der Waals surface area contributed by atoms with E-state index in [0.29, 0.717) is 14.3 Å². The van der Waals surface area contributed by atoms with Gasteiger partial charge in [-0.05, 0) is 13.0 Å². The van der Waals surface area contributed by atoms with E-state index in [-0.39, 0.29) is 5.56 Å². The van der Waals surface area contributed by atoms with Gasteiger partial charge in [0.1, 0.15) is 13.3 Å². The molecule has 1 aliphatic heterocycles. The number of rotatable bonds is 5. The Balaban J connectivity index is 2.42. The maximum Gasteiger partial charge on any atom is 0.273 e. The Labute approximate surface area is 135 Å². The SMILES string of the molecule is Cc1ccc(S(=O)(=O)N2CN(N=O)CN([N+](=O)[O-])C2)cc1[N+](=O)[O-]. The van der Waals surface area contributed by atoms with Crippen LogP contribution in [0.5, 0.6) is 0 Å². The van der Waals surface area contributed by atoms with Crippen molar-refractivity contribution in [2.45, 2.75) is 11.8 Å². The van der Waals surface area contributed by atoms with E-state index in [1.165, 1.54) is 13.0 Å². The summed E-state index contributed by atoms with van der Waals surface area (Å²) in [5.74, 6) is 0. The minimum atomic E-state index is -4.30. The molecule has 130 valence electrons. The zero-order valence-corrected chi connectivity index (χ0v) is 13.1. The summed E-state index contributed by atoms with van der Waals surface area (Å²) in [5.41, 5.74) is -0.134. The van der Waals surface area contributed by atoms with Gasteiger partial charge in [-0.15, -0.1) is 4.91 Å². The van der Waals surface area contributed by atoms with Gasteiger partial charge >= 0.3 is 0 Å². The number of hydrogen-bond donors (Lipinski definition) is 0. The lowest BCUT2D eigenvalue weighted by Crippen LogP contribution is -2.56. The lowest BCUT2D eigenvalue weighted by atomic mass is 10.2. The van der Waals surface area contributed by atoms with E-state index in [9.17, 15) is 33.6 Å². The first kappa shape index (κ1) is 17.5. The fourth-order valence-electron chi connectivity index (χ4n) is 2.09. The standard InChI is InChI=1S/C10H12N6O7S/c1-8-2-3-9(4-10(8)15(18)19)24(22,23)14-6-12(11-17)5-13(7-14)16(20)21/h2-4H,5-7H2,1H3. The number of nitro groups is 2. The minimum absolute atomic E-state index is 0.265. The number of benzene rings is 1. The number of hydrazine groups is 1. The van der Waals surface area contributed by atoms with Crippen LogP contribution in [0.25, 0.3) is 0 Å². The van der Waals surface area contributed by atoms with Crippen molar-refractivity contribution >= 4 is 15.7 Å². The van der Waals surface area contributed by atoms with Crippen molar-refractivity contribution < 1.29 is 18.4 Å². The zero-order chi connectivity index (χ0) is 18.1. The topological polar surface area (TPSA) is 160 Å². The molecule has 1 saturated heterocycles. The van der Waals surface area contributed by atoms with Gasteiger partial charge in [0.05, 0.1) is 15.1 Å². The summed E-state index contributed by atoms with van der Waals surface area (Å²) in [6.45, 7) is -0.153. The molecule has 1 aromatic carbocycles. The van der Waals surface area contributed by atoms with Gasteiger partial charge in [0.15, 0.2) is 11.7 Å². The maximum absolute atomic E-state index is 12.6. The number of nitroso groups, excluding NO2 is 1. The summed E-state index contributed by atoms with van der Waals surface area (Å²) in [5, 5.41) is 24.6. The molecule has 0 unspecified atom stereocenters. The average Bonchev–Trinajstić information content (AvgIpc) is 2.54. The first-order valence-corrected chi connectivity index (χ1v) is 7.83. The molecule has 1 aromatic rings.